The lowest BCUT2D eigenvalue weighted by Crippen LogP contribution is -2.33. The quantitative estimate of drug-likeness (QED) is 0.928. The van der Waals surface area contributed by atoms with Gasteiger partial charge in [-0.15, -0.1) is 0 Å². The van der Waals surface area contributed by atoms with Crippen molar-refractivity contribution in [3.05, 3.63) is 63.9 Å². The van der Waals surface area contributed by atoms with Crippen molar-refractivity contribution in [3.63, 3.8) is 0 Å². The number of benzene rings is 1. The van der Waals surface area contributed by atoms with Crippen LogP contribution in [0.5, 0.6) is 0 Å². The summed E-state index contributed by atoms with van der Waals surface area (Å²) in [7, 11) is 0. The van der Waals surface area contributed by atoms with E-state index in [9.17, 15) is 0 Å². The molecular formula is C17H19BrN2. The van der Waals surface area contributed by atoms with E-state index in [-0.39, 0.29) is 6.04 Å². The molecule has 1 aromatic heterocycles. The maximum absolute atomic E-state index is 6.50. The van der Waals surface area contributed by atoms with Gasteiger partial charge in [0.25, 0.3) is 0 Å². The van der Waals surface area contributed by atoms with E-state index >= 15 is 0 Å². The summed E-state index contributed by atoms with van der Waals surface area (Å²) in [5.41, 5.74) is 10.6. The number of hydrogen-bond acceptors (Lipinski definition) is 2. The maximum atomic E-state index is 6.50. The molecule has 0 spiro atoms. The van der Waals surface area contributed by atoms with Gasteiger partial charge >= 0.3 is 0 Å². The number of aromatic nitrogens is 1. The van der Waals surface area contributed by atoms with E-state index in [4.69, 9.17) is 5.73 Å². The van der Waals surface area contributed by atoms with Gasteiger partial charge < -0.3 is 5.73 Å². The lowest BCUT2D eigenvalue weighted by atomic mass is 9.77. The summed E-state index contributed by atoms with van der Waals surface area (Å²) in [6.07, 6.45) is 8.24. The Morgan fingerprint density at radius 2 is 2.15 bits per heavy atom. The summed E-state index contributed by atoms with van der Waals surface area (Å²) in [6, 6.07) is 11.0. The Morgan fingerprint density at radius 1 is 1.30 bits per heavy atom. The van der Waals surface area contributed by atoms with Gasteiger partial charge in [-0.05, 0) is 70.3 Å². The summed E-state index contributed by atoms with van der Waals surface area (Å²) in [5.74, 6) is 0.471. The molecule has 2 N–H and O–H groups in total. The molecule has 2 unspecified atom stereocenters. The second kappa shape index (κ2) is 6.06. The third kappa shape index (κ3) is 2.94. The highest BCUT2D eigenvalue weighted by Gasteiger charge is 2.25. The molecule has 0 bridgehead atoms. The Bertz CT molecular complexity index is 597. The van der Waals surface area contributed by atoms with E-state index in [2.05, 4.69) is 51.2 Å². The van der Waals surface area contributed by atoms with Crippen molar-refractivity contribution in [3.8, 4) is 0 Å². The van der Waals surface area contributed by atoms with Crippen molar-refractivity contribution in [2.75, 3.05) is 0 Å². The Balaban J connectivity index is 1.80. The molecule has 3 heteroatoms. The van der Waals surface area contributed by atoms with Crippen molar-refractivity contribution in [1.82, 2.24) is 4.98 Å². The molecule has 2 atom stereocenters. The molecular weight excluding hydrogens is 312 g/mol. The molecule has 2 nitrogen and oxygen atoms in total. The van der Waals surface area contributed by atoms with Gasteiger partial charge in [0.05, 0.1) is 0 Å². The minimum atomic E-state index is 0.160. The molecule has 0 saturated carbocycles. The molecule has 0 radical (unpaired) electrons. The van der Waals surface area contributed by atoms with Gasteiger partial charge in [-0.2, -0.15) is 0 Å². The summed E-state index contributed by atoms with van der Waals surface area (Å²) in [4.78, 5) is 4.22. The maximum Gasteiger partial charge on any atom is 0.0410 e. The van der Waals surface area contributed by atoms with Crippen LogP contribution in [-0.2, 0) is 12.8 Å². The lowest BCUT2D eigenvalue weighted by molar-refractivity contribution is 0.459. The highest BCUT2D eigenvalue weighted by Crippen LogP contribution is 2.34. The zero-order chi connectivity index (χ0) is 13.9. The number of halogens is 1. The number of fused-ring (bicyclic) bond motifs is 1. The Labute approximate surface area is 128 Å². The van der Waals surface area contributed by atoms with E-state index in [1.165, 1.54) is 36.0 Å². The highest BCUT2D eigenvalue weighted by molar-refractivity contribution is 9.10. The van der Waals surface area contributed by atoms with E-state index in [0.717, 1.165) is 10.9 Å². The van der Waals surface area contributed by atoms with Gasteiger partial charge in [0.2, 0.25) is 0 Å². The molecule has 20 heavy (non-hydrogen) atoms. The number of nitrogens with zero attached hydrogens (tertiary/aromatic N) is 1. The zero-order valence-electron chi connectivity index (χ0n) is 11.4. The number of rotatable bonds is 3. The van der Waals surface area contributed by atoms with Crippen molar-refractivity contribution in [2.45, 2.75) is 37.6 Å². The van der Waals surface area contributed by atoms with Crippen LogP contribution in [0.25, 0.3) is 0 Å². The molecule has 0 aliphatic heterocycles. The van der Waals surface area contributed by atoms with Gasteiger partial charge in [0.15, 0.2) is 0 Å². The molecule has 104 valence electrons. The van der Waals surface area contributed by atoms with Crippen molar-refractivity contribution in [2.24, 2.45) is 5.73 Å². The Hall–Kier alpha value is -1.19. The third-order valence-electron chi connectivity index (χ3n) is 4.17. The smallest absolute Gasteiger partial charge is 0.0410 e. The zero-order valence-corrected chi connectivity index (χ0v) is 13.0. The molecule has 2 aromatic rings. The fourth-order valence-corrected chi connectivity index (χ4v) is 3.63. The number of nitrogens with two attached hydrogens (primary N) is 1. The number of hydrogen-bond donors (Lipinski definition) is 1. The fraction of sp³-hybridized carbons (Fsp3) is 0.353. The van der Waals surface area contributed by atoms with Crippen molar-refractivity contribution >= 4 is 15.9 Å². The second-order valence-corrected chi connectivity index (χ2v) is 6.49. The second-order valence-electron chi connectivity index (χ2n) is 5.58. The molecule has 1 aromatic carbocycles. The molecule has 0 amide bonds. The predicted molar refractivity (Wildman–Crippen MR) is 85.7 cm³/mol. The highest BCUT2D eigenvalue weighted by atomic mass is 79.9. The van der Waals surface area contributed by atoms with Crippen LogP contribution in [0.1, 0.15) is 35.4 Å². The van der Waals surface area contributed by atoms with Crippen molar-refractivity contribution in [1.29, 1.82) is 0 Å². The topological polar surface area (TPSA) is 38.9 Å². The van der Waals surface area contributed by atoms with Gasteiger partial charge in [0, 0.05) is 22.9 Å². The number of aryl methyl sites for hydroxylation is 1. The van der Waals surface area contributed by atoms with Crippen LogP contribution in [0.2, 0.25) is 0 Å². The normalized spacial score (nSPS) is 19.4. The Morgan fingerprint density at radius 3 is 3.00 bits per heavy atom. The predicted octanol–water partition coefficient (Wildman–Crippen LogP) is 3.83. The monoisotopic (exact) mass is 330 g/mol. The summed E-state index contributed by atoms with van der Waals surface area (Å²) in [5, 5.41) is 0. The van der Waals surface area contributed by atoms with Crippen LogP contribution in [-0.4, -0.2) is 11.0 Å². The van der Waals surface area contributed by atoms with Gasteiger partial charge in [-0.3, -0.25) is 4.98 Å². The van der Waals surface area contributed by atoms with Gasteiger partial charge in [-0.25, -0.2) is 0 Å². The largest absolute Gasteiger partial charge is 0.327 e. The Kier molecular flexibility index (Phi) is 4.18. The number of pyridine rings is 1. The first-order valence-electron chi connectivity index (χ1n) is 7.17. The molecule has 1 heterocycles. The first-order valence-corrected chi connectivity index (χ1v) is 7.96. The molecule has 0 saturated heterocycles. The summed E-state index contributed by atoms with van der Waals surface area (Å²) >= 11 is 3.47. The average Bonchev–Trinajstić information content (AvgIpc) is 2.46. The average molecular weight is 331 g/mol. The van der Waals surface area contributed by atoms with Crippen molar-refractivity contribution < 1.29 is 0 Å². The summed E-state index contributed by atoms with van der Waals surface area (Å²) < 4.78 is 1.02. The van der Waals surface area contributed by atoms with Crippen LogP contribution >= 0.6 is 15.9 Å². The van der Waals surface area contributed by atoms with Crippen LogP contribution < -0.4 is 5.73 Å². The molecule has 0 fully saturated rings. The van der Waals surface area contributed by atoms with Gasteiger partial charge in [0.1, 0.15) is 0 Å². The minimum absolute atomic E-state index is 0.160. The molecule has 3 rings (SSSR count). The van der Waals surface area contributed by atoms with E-state index in [1.54, 1.807) is 0 Å². The third-order valence-corrected chi connectivity index (χ3v) is 4.60. The summed E-state index contributed by atoms with van der Waals surface area (Å²) in [6.45, 7) is 0. The van der Waals surface area contributed by atoms with Crippen LogP contribution in [0, 0.1) is 0 Å². The van der Waals surface area contributed by atoms with Crippen LogP contribution in [0.15, 0.2) is 47.2 Å². The van der Waals surface area contributed by atoms with E-state index in [0.29, 0.717) is 5.92 Å². The first-order chi connectivity index (χ1) is 9.74. The molecule has 1 aliphatic rings. The minimum Gasteiger partial charge on any atom is -0.327 e. The van der Waals surface area contributed by atoms with Crippen LogP contribution in [0.3, 0.4) is 0 Å². The standard InChI is InChI=1S/C17H19BrN2/c18-14-8-12(10-20-11-14)9-17(19)16-7-3-5-13-4-1-2-6-15(13)16/h1-2,4,6,8,10-11,16-17H,3,5,7,9,19H2. The van der Waals surface area contributed by atoms with Gasteiger partial charge in [-0.1, -0.05) is 24.3 Å². The van der Waals surface area contributed by atoms with E-state index in [1.807, 2.05) is 12.4 Å². The molecule has 1 aliphatic carbocycles. The lowest BCUT2D eigenvalue weighted by Gasteiger charge is -2.30. The SMILES string of the molecule is NC(Cc1cncc(Br)c1)C1CCCc2ccccc21. The fourth-order valence-electron chi connectivity index (χ4n) is 3.22. The first kappa shape index (κ1) is 13.8. The van der Waals surface area contributed by atoms with Crippen LogP contribution in [0.4, 0.5) is 0 Å². The van der Waals surface area contributed by atoms with E-state index < -0.39 is 0 Å².